The van der Waals surface area contributed by atoms with E-state index in [-0.39, 0.29) is 0 Å². The van der Waals surface area contributed by atoms with E-state index >= 15 is 0 Å². The van der Waals surface area contributed by atoms with Gasteiger partial charge in [0.25, 0.3) is 5.19 Å². The number of ether oxygens (including phenoxy) is 1. The zero-order chi connectivity index (χ0) is 8.10. The van der Waals surface area contributed by atoms with Crippen molar-refractivity contribution in [3.05, 3.63) is 5.82 Å². The van der Waals surface area contributed by atoms with Crippen molar-refractivity contribution in [3.8, 4) is 5.19 Å². The molecule has 5 heteroatoms. The number of hydrogen-bond donors (Lipinski definition) is 1. The molecule has 1 aromatic heterocycles. The lowest BCUT2D eigenvalue weighted by Crippen LogP contribution is -2.15. The highest BCUT2D eigenvalue weighted by atomic mass is 32.1. The summed E-state index contributed by atoms with van der Waals surface area (Å²) >= 11 is 1.29. The SMILES string of the molecule is CNCCOc1nc(C)ns1. The first kappa shape index (κ1) is 8.42. The fourth-order valence-electron chi connectivity index (χ4n) is 0.577. The van der Waals surface area contributed by atoms with Crippen LogP contribution in [0.1, 0.15) is 5.82 Å². The number of aryl methyl sites for hydroxylation is 1. The summed E-state index contributed by atoms with van der Waals surface area (Å²) in [5, 5.41) is 3.63. The molecule has 0 aromatic carbocycles. The Morgan fingerprint density at radius 3 is 3.00 bits per heavy atom. The lowest BCUT2D eigenvalue weighted by atomic mass is 10.7. The Labute approximate surface area is 69.8 Å². The number of likely N-dealkylation sites (N-methyl/N-ethyl adjacent to an activating group) is 1. The van der Waals surface area contributed by atoms with Crippen molar-refractivity contribution in [2.24, 2.45) is 0 Å². The number of nitrogens with zero attached hydrogens (tertiary/aromatic N) is 2. The van der Waals surface area contributed by atoms with E-state index in [2.05, 4.69) is 14.7 Å². The van der Waals surface area contributed by atoms with Crippen LogP contribution < -0.4 is 10.1 Å². The molecular weight excluding hydrogens is 162 g/mol. The molecule has 0 unspecified atom stereocenters. The summed E-state index contributed by atoms with van der Waals surface area (Å²) in [6.07, 6.45) is 0. The van der Waals surface area contributed by atoms with Crippen LogP contribution in [-0.2, 0) is 0 Å². The number of aromatic nitrogens is 2. The zero-order valence-electron chi connectivity index (χ0n) is 6.63. The molecule has 4 nitrogen and oxygen atoms in total. The molecular formula is C6H11N3OS. The van der Waals surface area contributed by atoms with Crippen molar-refractivity contribution in [2.75, 3.05) is 20.2 Å². The van der Waals surface area contributed by atoms with Crippen LogP contribution in [0.5, 0.6) is 5.19 Å². The van der Waals surface area contributed by atoms with Gasteiger partial charge >= 0.3 is 0 Å². The lowest BCUT2D eigenvalue weighted by molar-refractivity contribution is 0.316. The molecule has 1 heterocycles. The first-order valence-corrected chi connectivity index (χ1v) is 4.18. The second-order valence-electron chi connectivity index (χ2n) is 2.06. The van der Waals surface area contributed by atoms with E-state index in [4.69, 9.17) is 4.74 Å². The first-order chi connectivity index (χ1) is 5.33. The normalized spacial score (nSPS) is 10.0. The average Bonchev–Trinajstić information content (AvgIpc) is 2.37. The van der Waals surface area contributed by atoms with Crippen LogP contribution in [0.3, 0.4) is 0 Å². The van der Waals surface area contributed by atoms with E-state index in [1.165, 1.54) is 11.5 Å². The van der Waals surface area contributed by atoms with Crippen molar-refractivity contribution in [3.63, 3.8) is 0 Å². The average molecular weight is 173 g/mol. The summed E-state index contributed by atoms with van der Waals surface area (Å²) in [6, 6.07) is 0. The molecule has 62 valence electrons. The van der Waals surface area contributed by atoms with Crippen molar-refractivity contribution >= 4 is 11.5 Å². The van der Waals surface area contributed by atoms with Crippen LogP contribution in [-0.4, -0.2) is 29.6 Å². The maximum Gasteiger partial charge on any atom is 0.293 e. The molecule has 0 aliphatic carbocycles. The molecule has 0 fully saturated rings. The van der Waals surface area contributed by atoms with Gasteiger partial charge in [0.05, 0.1) is 0 Å². The van der Waals surface area contributed by atoms with Gasteiger partial charge in [-0.15, -0.1) is 0 Å². The predicted octanol–water partition coefficient (Wildman–Crippen LogP) is 0.445. The fraction of sp³-hybridized carbons (Fsp3) is 0.667. The van der Waals surface area contributed by atoms with Gasteiger partial charge in [-0.25, -0.2) is 0 Å². The van der Waals surface area contributed by atoms with Gasteiger partial charge in [0.15, 0.2) is 0 Å². The van der Waals surface area contributed by atoms with Crippen molar-refractivity contribution in [1.82, 2.24) is 14.7 Å². The van der Waals surface area contributed by atoms with Gasteiger partial charge in [0.2, 0.25) is 0 Å². The van der Waals surface area contributed by atoms with Crippen LogP contribution in [0.2, 0.25) is 0 Å². The molecule has 0 aliphatic heterocycles. The van der Waals surface area contributed by atoms with E-state index in [1.54, 1.807) is 0 Å². The van der Waals surface area contributed by atoms with Crippen LogP contribution in [0.25, 0.3) is 0 Å². The Bertz CT molecular complexity index is 213. The van der Waals surface area contributed by atoms with Crippen LogP contribution in [0, 0.1) is 6.92 Å². The summed E-state index contributed by atoms with van der Waals surface area (Å²) in [5.41, 5.74) is 0. The quantitative estimate of drug-likeness (QED) is 0.671. The summed E-state index contributed by atoms with van der Waals surface area (Å²) in [4.78, 5) is 4.04. The van der Waals surface area contributed by atoms with Gasteiger partial charge in [-0.05, 0) is 14.0 Å². The molecule has 1 N–H and O–H groups in total. The summed E-state index contributed by atoms with van der Waals surface area (Å²) in [6.45, 7) is 3.32. The molecule has 0 saturated carbocycles. The van der Waals surface area contributed by atoms with E-state index in [0.717, 1.165) is 12.4 Å². The van der Waals surface area contributed by atoms with Gasteiger partial charge in [-0.3, -0.25) is 0 Å². The minimum atomic E-state index is 0.644. The van der Waals surface area contributed by atoms with Gasteiger partial charge in [0.1, 0.15) is 12.4 Å². The van der Waals surface area contributed by atoms with Crippen LogP contribution in [0.4, 0.5) is 0 Å². The Balaban J connectivity index is 2.27. The van der Waals surface area contributed by atoms with Crippen LogP contribution >= 0.6 is 11.5 Å². The Kier molecular flexibility index (Phi) is 3.25. The highest BCUT2D eigenvalue weighted by molar-refractivity contribution is 7.07. The van der Waals surface area contributed by atoms with Gasteiger partial charge < -0.3 is 10.1 Å². The summed E-state index contributed by atoms with van der Waals surface area (Å²) in [7, 11) is 1.88. The molecule has 0 spiro atoms. The first-order valence-electron chi connectivity index (χ1n) is 3.40. The van der Waals surface area contributed by atoms with Crippen molar-refractivity contribution in [1.29, 1.82) is 0 Å². The molecule has 0 saturated heterocycles. The number of hydrogen-bond acceptors (Lipinski definition) is 5. The standard InChI is InChI=1S/C6H11N3OS/c1-5-8-6(11-9-5)10-4-3-7-2/h7H,3-4H2,1-2H3. The van der Waals surface area contributed by atoms with Crippen molar-refractivity contribution in [2.45, 2.75) is 6.92 Å². The van der Waals surface area contributed by atoms with Gasteiger partial charge in [-0.2, -0.15) is 9.36 Å². The third-order valence-corrected chi connectivity index (χ3v) is 1.81. The monoisotopic (exact) mass is 173 g/mol. The molecule has 1 aromatic rings. The van der Waals surface area contributed by atoms with Gasteiger partial charge in [-0.1, -0.05) is 0 Å². The zero-order valence-corrected chi connectivity index (χ0v) is 7.44. The second-order valence-corrected chi connectivity index (χ2v) is 2.77. The maximum atomic E-state index is 5.25. The molecule has 0 amide bonds. The lowest BCUT2D eigenvalue weighted by Gasteiger charge is -1.98. The third kappa shape index (κ3) is 2.81. The van der Waals surface area contributed by atoms with E-state index in [9.17, 15) is 0 Å². The van der Waals surface area contributed by atoms with E-state index < -0.39 is 0 Å². The van der Waals surface area contributed by atoms with E-state index in [0.29, 0.717) is 11.8 Å². The minimum Gasteiger partial charge on any atom is -0.468 e. The predicted molar refractivity (Wildman–Crippen MR) is 44.1 cm³/mol. The summed E-state index contributed by atoms with van der Waals surface area (Å²) < 4.78 is 9.23. The third-order valence-electron chi connectivity index (χ3n) is 1.09. The molecule has 0 radical (unpaired) electrons. The van der Waals surface area contributed by atoms with Crippen LogP contribution in [0.15, 0.2) is 0 Å². The fourth-order valence-corrected chi connectivity index (χ4v) is 1.14. The minimum absolute atomic E-state index is 0.644. The van der Waals surface area contributed by atoms with Crippen molar-refractivity contribution < 1.29 is 4.74 Å². The highest BCUT2D eigenvalue weighted by Gasteiger charge is 1.98. The van der Waals surface area contributed by atoms with Gasteiger partial charge in [0, 0.05) is 18.1 Å². The Hall–Kier alpha value is -0.680. The Morgan fingerprint density at radius 2 is 2.45 bits per heavy atom. The molecule has 11 heavy (non-hydrogen) atoms. The second kappa shape index (κ2) is 4.25. The Morgan fingerprint density at radius 1 is 1.64 bits per heavy atom. The van der Waals surface area contributed by atoms with E-state index in [1.807, 2.05) is 14.0 Å². The molecule has 1 rings (SSSR count). The largest absolute Gasteiger partial charge is 0.468 e. The number of rotatable bonds is 4. The number of nitrogens with one attached hydrogen (secondary N) is 1. The molecule has 0 bridgehead atoms. The smallest absolute Gasteiger partial charge is 0.293 e. The molecule has 0 atom stereocenters. The molecule has 0 aliphatic rings. The summed E-state index contributed by atoms with van der Waals surface area (Å²) in [5.74, 6) is 0.773. The highest BCUT2D eigenvalue weighted by Crippen LogP contribution is 2.12. The topological polar surface area (TPSA) is 47.0 Å². The maximum absolute atomic E-state index is 5.25.